The average Bonchev–Trinajstić information content (AvgIpc) is 3.48. The number of carbonyl (C=O) groups is 2. The minimum absolute atomic E-state index is 0.0389. The van der Waals surface area contributed by atoms with Crippen molar-refractivity contribution >= 4 is 11.9 Å². The van der Waals surface area contributed by atoms with Gasteiger partial charge in [-0.3, -0.25) is 20.0 Å². The first kappa shape index (κ1) is 31.1. The number of piperidine rings is 2. The zero-order valence-corrected chi connectivity index (χ0v) is 26.2. The van der Waals surface area contributed by atoms with Crippen LogP contribution in [0.3, 0.4) is 0 Å². The third-order valence-corrected chi connectivity index (χ3v) is 10.8. The Morgan fingerprint density at radius 3 is 2.80 bits per heavy atom. The number of amides is 3. The highest BCUT2D eigenvalue weighted by atomic mass is 19.1. The molecule has 6 rings (SSSR count). The zero-order chi connectivity index (χ0) is 31.1. The first-order valence-corrected chi connectivity index (χ1v) is 16.5. The lowest BCUT2D eigenvalue weighted by atomic mass is 9.76. The normalized spacial score (nSPS) is 39.5. The fraction of sp³-hybridized carbons (Fsp3) is 0.774. The van der Waals surface area contributed by atoms with E-state index < -0.39 is 24.7 Å². The summed E-state index contributed by atoms with van der Waals surface area (Å²) < 4.78 is 16.3. The third kappa shape index (κ3) is 5.66. The van der Waals surface area contributed by atoms with Crippen LogP contribution in [0.15, 0.2) is 24.6 Å². The van der Waals surface area contributed by atoms with Crippen LogP contribution in [0.1, 0.15) is 65.7 Å². The van der Waals surface area contributed by atoms with Gasteiger partial charge in [-0.25, -0.2) is 9.18 Å². The molecule has 4 saturated heterocycles. The van der Waals surface area contributed by atoms with Crippen LogP contribution < -0.4 is 26.9 Å². The van der Waals surface area contributed by atoms with Gasteiger partial charge in [-0.2, -0.15) is 5.26 Å². The Labute approximate surface area is 260 Å². The molecule has 10 unspecified atom stereocenters. The molecular formula is C31H49FN10O2. The van der Waals surface area contributed by atoms with Gasteiger partial charge in [-0.1, -0.05) is 26.8 Å². The van der Waals surface area contributed by atoms with Gasteiger partial charge in [0.25, 0.3) is 0 Å². The van der Waals surface area contributed by atoms with Gasteiger partial charge < -0.3 is 25.9 Å². The van der Waals surface area contributed by atoms with Crippen LogP contribution in [-0.2, 0) is 4.79 Å². The first-order chi connectivity index (χ1) is 21.2. The number of nitrogens with zero attached hydrogens (tertiary/aromatic N) is 5. The predicted octanol–water partition coefficient (Wildman–Crippen LogP) is 1.68. The number of halogens is 1. The second kappa shape index (κ2) is 12.8. The summed E-state index contributed by atoms with van der Waals surface area (Å²) in [5.74, 6) is 0.185. The van der Waals surface area contributed by atoms with Crippen molar-refractivity contribution in [2.24, 2.45) is 17.8 Å². The molecule has 44 heavy (non-hydrogen) atoms. The maximum atomic E-state index is 16.3. The molecule has 0 aliphatic carbocycles. The molecule has 0 aromatic carbocycles. The quantitative estimate of drug-likeness (QED) is 0.301. The minimum Gasteiger partial charge on any atom is -0.332 e. The number of alkyl halides is 1. The summed E-state index contributed by atoms with van der Waals surface area (Å²) in [6.45, 7) is 11.8. The van der Waals surface area contributed by atoms with E-state index in [1.165, 1.54) is 6.08 Å². The van der Waals surface area contributed by atoms with Crippen LogP contribution in [0.4, 0.5) is 9.18 Å². The molecule has 6 aliphatic rings. The second-order valence-electron chi connectivity index (χ2n) is 13.8. The summed E-state index contributed by atoms with van der Waals surface area (Å²) in [6.07, 6.45) is 5.95. The van der Waals surface area contributed by atoms with Gasteiger partial charge in [-0.05, 0) is 63.5 Å². The summed E-state index contributed by atoms with van der Waals surface area (Å²) in [6, 6.07) is 1.71. The van der Waals surface area contributed by atoms with E-state index in [4.69, 9.17) is 0 Å². The molecule has 0 saturated carbocycles. The summed E-state index contributed by atoms with van der Waals surface area (Å²) >= 11 is 0. The lowest BCUT2D eigenvalue weighted by molar-refractivity contribution is -0.137. The number of hydrogen-bond acceptors (Lipinski definition) is 9. The Morgan fingerprint density at radius 1 is 1.23 bits per heavy atom. The molecule has 10 atom stereocenters. The SMILES string of the molecule is C=CC(=O)N1CC(C)N(C2NC(=O)N3C4NC(C(F)CC24)N2C=C(CCCCC4CCNC(C(C)C)C43)NN2)CC1CC#N. The number of hydrogen-bond donors (Lipinski definition) is 5. The predicted molar refractivity (Wildman–Crippen MR) is 163 cm³/mol. The molecule has 5 N–H and O–H groups in total. The molecule has 0 aromatic rings. The van der Waals surface area contributed by atoms with E-state index in [1.807, 2.05) is 18.0 Å². The molecule has 0 radical (unpaired) electrons. The van der Waals surface area contributed by atoms with Crippen LogP contribution in [-0.4, -0.2) is 100 Å². The standard InChI is InChI=1S/C31H49FN10O2/c1-5-25(43)40-15-19(4)39(17-22(40)10-12-33)28-23-14-24(32)30-35-29(23)42(31(44)36-28)27-20(11-13-34-26(27)18(2)3)8-6-7-9-21-16-41(30)38-37-21/h5,16,18-20,22-24,26-30,34-35,37-38H,1,6-11,13-15,17H2,2-4H3,(H,36,44). The molecule has 3 amide bonds. The summed E-state index contributed by atoms with van der Waals surface area (Å²) in [5, 5.41) is 22.1. The molecule has 12 nitrogen and oxygen atoms in total. The van der Waals surface area contributed by atoms with Crippen molar-refractivity contribution in [3.63, 3.8) is 0 Å². The number of allylic oxidation sites excluding steroid dienone is 1. The van der Waals surface area contributed by atoms with Crippen molar-refractivity contribution in [3.05, 3.63) is 24.6 Å². The Bertz CT molecular complexity index is 1180. The fourth-order valence-corrected chi connectivity index (χ4v) is 8.70. The smallest absolute Gasteiger partial charge is 0.320 e. The molecule has 242 valence electrons. The number of urea groups is 1. The van der Waals surface area contributed by atoms with E-state index in [-0.39, 0.29) is 54.9 Å². The Morgan fingerprint density at radius 2 is 2.05 bits per heavy atom. The van der Waals surface area contributed by atoms with Gasteiger partial charge in [0.2, 0.25) is 5.91 Å². The van der Waals surface area contributed by atoms with Gasteiger partial charge in [0, 0.05) is 43.0 Å². The highest BCUT2D eigenvalue weighted by Crippen LogP contribution is 2.40. The summed E-state index contributed by atoms with van der Waals surface area (Å²) in [4.78, 5) is 33.1. The van der Waals surface area contributed by atoms with E-state index in [2.05, 4.69) is 58.3 Å². The average molecular weight is 613 g/mol. The van der Waals surface area contributed by atoms with Gasteiger partial charge >= 0.3 is 6.03 Å². The van der Waals surface area contributed by atoms with Crippen molar-refractivity contribution in [2.75, 3.05) is 19.6 Å². The van der Waals surface area contributed by atoms with E-state index in [0.29, 0.717) is 24.9 Å². The Kier molecular flexibility index (Phi) is 9.06. The van der Waals surface area contributed by atoms with E-state index in [9.17, 15) is 14.9 Å². The molecule has 0 spiro atoms. The van der Waals surface area contributed by atoms with Crippen molar-refractivity contribution in [2.45, 2.75) is 115 Å². The number of hydrazine groups is 2. The van der Waals surface area contributed by atoms with Crippen LogP contribution in [0, 0.1) is 29.1 Å². The number of nitrogens with one attached hydrogen (secondary N) is 5. The van der Waals surface area contributed by atoms with Crippen molar-refractivity contribution in [1.82, 2.24) is 46.6 Å². The second-order valence-corrected chi connectivity index (χ2v) is 13.8. The minimum atomic E-state index is -1.21. The Hall–Kier alpha value is -2.92. The van der Waals surface area contributed by atoms with Crippen LogP contribution in [0.25, 0.3) is 0 Å². The lowest BCUT2D eigenvalue weighted by Gasteiger charge is -2.60. The molecule has 6 heterocycles. The molecular weight excluding hydrogens is 563 g/mol. The zero-order valence-electron chi connectivity index (χ0n) is 26.2. The van der Waals surface area contributed by atoms with Gasteiger partial charge in [0.15, 0.2) is 0 Å². The molecule has 13 heteroatoms. The number of rotatable bonds is 4. The molecule has 4 fully saturated rings. The number of piperazine rings is 1. The van der Waals surface area contributed by atoms with Gasteiger partial charge in [0.05, 0.1) is 36.9 Å². The maximum absolute atomic E-state index is 16.3. The van der Waals surface area contributed by atoms with Crippen LogP contribution in [0.2, 0.25) is 0 Å². The first-order valence-electron chi connectivity index (χ1n) is 16.5. The topological polar surface area (TPSA) is 131 Å². The van der Waals surface area contributed by atoms with Crippen LogP contribution in [0.5, 0.6) is 0 Å². The summed E-state index contributed by atoms with van der Waals surface area (Å²) in [5.41, 5.74) is 7.42. The number of nitriles is 1. The van der Waals surface area contributed by atoms with Crippen molar-refractivity contribution in [3.8, 4) is 6.07 Å². The van der Waals surface area contributed by atoms with Crippen LogP contribution >= 0.6 is 0 Å². The monoisotopic (exact) mass is 612 g/mol. The highest BCUT2D eigenvalue weighted by molar-refractivity contribution is 5.87. The maximum Gasteiger partial charge on any atom is 0.320 e. The molecule has 4 bridgehead atoms. The summed E-state index contributed by atoms with van der Waals surface area (Å²) in [7, 11) is 0. The van der Waals surface area contributed by atoms with Gasteiger partial charge in [0.1, 0.15) is 12.3 Å². The van der Waals surface area contributed by atoms with Crippen molar-refractivity contribution < 1.29 is 14.0 Å². The van der Waals surface area contributed by atoms with E-state index in [0.717, 1.165) is 44.3 Å². The fourth-order valence-electron chi connectivity index (χ4n) is 8.70. The molecule has 6 aliphatic heterocycles. The number of carbonyl (C=O) groups excluding carboxylic acids is 2. The largest absolute Gasteiger partial charge is 0.332 e. The van der Waals surface area contributed by atoms with Crippen molar-refractivity contribution in [1.29, 1.82) is 5.26 Å². The third-order valence-electron chi connectivity index (χ3n) is 10.8. The number of fused-ring (bicyclic) bond motifs is 5. The van der Waals surface area contributed by atoms with E-state index >= 15 is 4.39 Å². The van der Waals surface area contributed by atoms with E-state index in [1.54, 1.807) is 9.91 Å². The lowest BCUT2D eigenvalue weighted by Crippen LogP contribution is -2.80. The van der Waals surface area contributed by atoms with Gasteiger partial charge in [-0.15, -0.1) is 5.53 Å². The molecule has 0 aromatic heterocycles. The highest BCUT2D eigenvalue weighted by Gasteiger charge is 2.56. The Balaban J connectivity index is 1.37.